The highest BCUT2D eigenvalue weighted by Gasteiger charge is 2.13. The molecule has 0 aliphatic rings. The van der Waals surface area contributed by atoms with Crippen molar-refractivity contribution in [1.82, 2.24) is 33.9 Å². The van der Waals surface area contributed by atoms with Crippen molar-refractivity contribution >= 4 is 17.1 Å². The maximum atomic E-state index is 12.0. The third-order valence-corrected chi connectivity index (χ3v) is 3.16. The Balaban J connectivity index is 1.98. The third kappa shape index (κ3) is 2.10. The number of aromatic nitrogens is 7. The van der Waals surface area contributed by atoms with Crippen LogP contribution in [0, 0.1) is 0 Å². The number of fused-ring (bicyclic) bond motifs is 1. The smallest absolute Gasteiger partial charge is 0.332 e. The summed E-state index contributed by atoms with van der Waals surface area (Å²) in [5.41, 5.74) is -0.253. The molecular formula is C11H14N8O2. The van der Waals surface area contributed by atoms with Gasteiger partial charge in [-0.25, -0.2) is 9.78 Å². The Kier molecular flexibility index (Phi) is 2.85. The number of aryl methyl sites for hydroxylation is 2. The summed E-state index contributed by atoms with van der Waals surface area (Å²) in [6, 6.07) is 0. The molecule has 0 unspecified atom stereocenters. The number of hydrogen-bond acceptors (Lipinski definition) is 6. The lowest BCUT2D eigenvalue weighted by Gasteiger charge is -2.00. The Hall–Kier alpha value is -2.91. The van der Waals surface area contributed by atoms with Crippen LogP contribution in [0.3, 0.4) is 0 Å². The van der Waals surface area contributed by atoms with E-state index >= 15 is 0 Å². The maximum absolute atomic E-state index is 12.0. The molecule has 0 fully saturated rings. The van der Waals surface area contributed by atoms with Crippen LogP contribution < -0.4 is 16.6 Å². The molecule has 0 atom stereocenters. The van der Waals surface area contributed by atoms with Crippen LogP contribution in [0.15, 0.2) is 15.9 Å². The molecule has 3 aromatic heterocycles. The van der Waals surface area contributed by atoms with Gasteiger partial charge in [-0.05, 0) is 0 Å². The summed E-state index contributed by atoms with van der Waals surface area (Å²) in [6.45, 7) is 0.356. The van der Waals surface area contributed by atoms with Gasteiger partial charge in [0.05, 0.1) is 6.54 Å². The van der Waals surface area contributed by atoms with Crippen molar-refractivity contribution in [2.24, 2.45) is 21.1 Å². The Labute approximate surface area is 118 Å². The van der Waals surface area contributed by atoms with Crippen molar-refractivity contribution in [3.05, 3.63) is 33.0 Å². The number of H-pyrrole nitrogens is 1. The molecule has 10 heteroatoms. The first-order chi connectivity index (χ1) is 9.97. The molecule has 0 bridgehead atoms. The van der Waals surface area contributed by atoms with Crippen LogP contribution >= 0.6 is 0 Å². The summed E-state index contributed by atoms with van der Waals surface area (Å²) < 4.78 is 3.94. The molecule has 0 radical (unpaired) electrons. The Morgan fingerprint density at radius 2 is 2.00 bits per heavy atom. The fourth-order valence-corrected chi connectivity index (χ4v) is 2.04. The van der Waals surface area contributed by atoms with E-state index in [1.54, 1.807) is 25.1 Å². The Bertz CT molecular complexity index is 928. The lowest BCUT2D eigenvalue weighted by Crippen LogP contribution is -2.36. The van der Waals surface area contributed by atoms with Crippen molar-refractivity contribution in [2.45, 2.75) is 6.54 Å². The molecule has 3 heterocycles. The van der Waals surface area contributed by atoms with Gasteiger partial charge in [0.1, 0.15) is 6.33 Å². The van der Waals surface area contributed by atoms with E-state index in [0.717, 1.165) is 4.57 Å². The summed E-state index contributed by atoms with van der Waals surface area (Å²) in [5, 5.41) is 7.11. The van der Waals surface area contributed by atoms with E-state index in [9.17, 15) is 9.59 Å². The van der Waals surface area contributed by atoms with Crippen molar-refractivity contribution in [1.29, 1.82) is 0 Å². The van der Waals surface area contributed by atoms with E-state index in [-0.39, 0.29) is 5.52 Å². The largest absolute Gasteiger partial charge is 0.348 e. The number of aromatic amines is 1. The highest BCUT2D eigenvalue weighted by molar-refractivity contribution is 5.72. The van der Waals surface area contributed by atoms with Crippen LogP contribution in [-0.4, -0.2) is 33.9 Å². The van der Waals surface area contributed by atoms with Gasteiger partial charge in [-0.2, -0.15) is 10.1 Å². The molecule has 0 amide bonds. The number of imidazole rings is 1. The van der Waals surface area contributed by atoms with E-state index in [1.807, 2.05) is 0 Å². The standard InChI is InChI=1S/C11H14N8O2/c1-17-5-13-6(16-17)4-12-10-14-7-8(15-10)18(2)11(21)19(3)9(7)20/h5H,4H2,1-3H3,(H2,12,14,15). The molecule has 110 valence electrons. The Morgan fingerprint density at radius 1 is 1.24 bits per heavy atom. The van der Waals surface area contributed by atoms with Gasteiger partial charge in [0.2, 0.25) is 5.95 Å². The molecule has 0 aromatic carbocycles. The number of rotatable bonds is 3. The molecule has 10 nitrogen and oxygen atoms in total. The van der Waals surface area contributed by atoms with Gasteiger partial charge in [-0.1, -0.05) is 0 Å². The first-order valence-corrected chi connectivity index (χ1v) is 6.21. The molecule has 21 heavy (non-hydrogen) atoms. The molecular weight excluding hydrogens is 276 g/mol. The molecule has 3 rings (SSSR count). The summed E-state index contributed by atoms with van der Waals surface area (Å²) in [4.78, 5) is 35.0. The highest BCUT2D eigenvalue weighted by atomic mass is 16.2. The number of hydrogen-bond donors (Lipinski definition) is 2. The number of anilines is 1. The zero-order chi connectivity index (χ0) is 15.1. The van der Waals surface area contributed by atoms with Gasteiger partial charge in [-0.3, -0.25) is 18.6 Å². The summed E-state index contributed by atoms with van der Waals surface area (Å²) in [7, 11) is 4.77. The predicted octanol–water partition coefficient (Wildman–Crippen LogP) is -1.30. The average molecular weight is 290 g/mol. The van der Waals surface area contributed by atoms with Gasteiger partial charge in [0, 0.05) is 21.1 Å². The van der Waals surface area contributed by atoms with Crippen molar-refractivity contribution in [3.8, 4) is 0 Å². The SMILES string of the molecule is Cn1cnc(CNc2nc3c([nH]2)c(=O)n(C)c(=O)n3C)n1. The zero-order valence-corrected chi connectivity index (χ0v) is 11.8. The molecule has 3 aromatic rings. The second kappa shape index (κ2) is 4.58. The van der Waals surface area contributed by atoms with E-state index in [2.05, 4.69) is 25.4 Å². The summed E-state index contributed by atoms with van der Waals surface area (Å²) >= 11 is 0. The lowest BCUT2D eigenvalue weighted by molar-refractivity contribution is 0.709. The molecule has 0 spiro atoms. The minimum atomic E-state index is -0.419. The molecule has 0 aliphatic carbocycles. The topological polar surface area (TPSA) is 115 Å². The molecule has 0 aliphatic heterocycles. The van der Waals surface area contributed by atoms with E-state index in [4.69, 9.17) is 0 Å². The van der Waals surface area contributed by atoms with Gasteiger partial charge < -0.3 is 10.3 Å². The number of nitrogens with one attached hydrogen (secondary N) is 2. The third-order valence-electron chi connectivity index (χ3n) is 3.16. The molecule has 0 saturated heterocycles. The van der Waals surface area contributed by atoms with Crippen molar-refractivity contribution in [3.63, 3.8) is 0 Å². The highest BCUT2D eigenvalue weighted by Crippen LogP contribution is 2.08. The second-order valence-corrected chi connectivity index (χ2v) is 4.68. The second-order valence-electron chi connectivity index (χ2n) is 4.68. The van der Waals surface area contributed by atoms with E-state index in [0.29, 0.717) is 24.0 Å². The lowest BCUT2D eigenvalue weighted by atomic mass is 10.5. The Morgan fingerprint density at radius 3 is 2.67 bits per heavy atom. The van der Waals surface area contributed by atoms with Gasteiger partial charge in [0.15, 0.2) is 17.0 Å². The fourth-order valence-electron chi connectivity index (χ4n) is 2.04. The van der Waals surface area contributed by atoms with Crippen molar-refractivity contribution < 1.29 is 0 Å². The first-order valence-electron chi connectivity index (χ1n) is 6.21. The van der Waals surface area contributed by atoms with Crippen LogP contribution in [0.1, 0.15) is 5.82 Å². The normalized spacial score (nSPS) is 11.2. The van der Waals surface area contributed by atoms with E-state index < -0.39 is 11.2 Å². The van der Waals surface area contributed by atoms with Crippen LogP contribution in [0.5, 0.6) is 0 Å². The van der Waals surface area contributed by atoms with Crippen LogP contribution in [0.25, 0.3) is 11.2 Å². The maximum Gasteiger partial charge on any atom is 0.332 e. The van der Waals surface area contributed by atoms with E-state index in [1.165, 1.54) is 11.6 Å². The van der Waals surface area contributed by atoms with Crippen LogP contribution in [-0.2, 0) is 27.7 Å². The predicted molar refractivity (Wildman–Crippen MR) is 74.9 cm³/mol. The molecule has 0 saturated carbocycles. The molecule has 2 N–H and O–H groups in total. The van der Waals surface area contributed by atoms with Gasteiger partial charge in [-0.15, -0.1) is 0 Å². The van der Waals surface area contributed by atoms with Gasteiger partial charge in [0.25, 0.3) is 5.56 Å². The summed E-state index contributed by atoms with van der Waals surface area (Å²) in [6.07, 6.45) is 1.59. The van der Waals surface area contributed by atoms with Crippen LogP contribution in [0.2, 0.25) is 0 Å². The van der Waals surface area contributed by atoms with Crippen molar-refractivity contribution in [2.75, 3.05) is 5.32 Å². The fraction of sp³-hybridized carbons (Fsp3) is 0.364. The minimum absolute atomic E-state index is 0.274. The first kappa shape index (κ1) is 13.1. The van der Waals surface area contributed by atoms with Gasteiger partial charge >= 0.3 is 5.69 Å². The number of nitrogens with zero attached hydrogens (tertiary/aromatic N) is 6. The zero-order valence-electron chi connectivity index (χ0n) is 11.8. The monoisotopic (exact) mass is 290 g/mol. The van der Waals surface area contributed by atoms with Crippen LogP contribution in [0.4, 0.5) is 5.95 Å². The summed E-state index contributed by atoms with van der Waals surface area (Å²) in [5.74, 6) is 0.982. The average Bonchev–Trinajstić information content (AvgIpc) is 3.07. The quantitative estimate of drug-likeness (QED) is 0.619. The minimum Gasteiger partial charge on any atom is -0.348 e.